The highest BCUT2D eigenvalue weighted by molar-refractivity contribution is 5.78. The van der Waals surface area contributed by atoms with Gasteiger partial charge in [-0.1, -0.05) is 0 Å². The van der Waals surface area contributed by atoms with Crippen LogP contribution in [0.5, 0.6) is 0 Å². The fourth-order valence-corrected chi connectivity index (χ4v) is 1.94. The average Bonchev–Trinajstić information content (AvgIpc) is 2.78. The molecule has 0 radical (unpaired) electrons. The van der Waals surface area contributed by atoms with Gasteiger partial charge in [0, 0.05) is 12.7 Å². The number of carboxylic acids is 1. The summed E-state index contributed by atoms with van der Waals surface area (Å²) in [5.74, 6) is -0.259. The number of anilines is 1. The van der Waals surface area contributed by atoms with Crippen LogP contribution in [0.2, 0.25) is 0 Å². The van der Waals surface area contributed by atoms with Crippen molar-refractivity contribution in [2.24, 2.45) is 0 Å². The molecular formula is C11H11N3O2. The Morgan fingerprint density at radius 2 is 2.50 bits per heavy atom. The first-order valence-electron chi connectivity index (χ1n) is 5.08. The van der Waals surface area contributed by atoms with Gasteiger partial charge >= 0.3 is 5.97 Å². The molecule has 1 aromatic heterocycles. The predicted octanol–water partition coefficient (Wildman–Crippen LogP) is 1.01. The third-order valence-electron chi connectivity index (χ3n) is 2.71. The number of hydrogen-bond donors (Lipinski definition) is 1. The highest BCUT2D eigenvalue weighted by Crippen LogP contribution is 2.24. The number of rotatable bonds is 2. The van der Waals surface area contributed by atoms with Crippen LogP contribution in [0.1, 0.15) is 18.4 Å². The zero-order valence-electron chi connectivity index (χ0n) is 8.63. The second-order valence-corrected chi connectivity index (χ2v) is 3.70. The lowest BCUT2D eigenvalue weighted by Gasteiger charge is -2.22. The van der Waals surface area contributed by atoms with E-state index in [-0.39, 0.29) is 0 Å². The fraction of sp³-hybridized carbons (Fsp3) is 0.364. The van der Waals surface area contributed by atoms with Crippen LogP contribution in [0.3, 0.4) is 0 Å². The molecule has 2 rings (SSSR count). The lowest BCUT2D eigenvalue weighted by molar-refractivity contribution is -0.138. The molecule has 1 aliphatic rings. The molecule has 1 fully saturated rings. The Balaban J connectivity index is 2.29. The van der Waals surface area contributed by atoms with Gasteiger partial charge in [0.2, 0.25) is 0 Å². The lowest BCUT2D eigenvalue weighted by Crippen LogP contribution is -2.36. The third kappa shape index (κ3) is 1.82. The lowest BCUT2D eigenvalue weighted by atomic mass is 10.2. The smallest absolute Gasteiger partial charge is 0.326 e. The minimum absolute atomic E-state index is 0.501. The van der Waals surface area contributed by atoms with E-state index in [9.17, 15) is 4.79 Å². The number of nitrogens with zero attached hydrogens (tertiary/aromatic N) is 3. The van der Waals surface area contributed by atoms with Gasteiger partial charge in [0.1, 0.15) is 11.9 Å². The van der Waals surface area contributed by atoms with Crippen LogP contribution in [-0.4, -0.2) is 28.6 Å². The maximum Gasteiger partial charge on any atom is 0.326 e. The van der Waals surface area contributed by atoms with Crippen molar-refractivity contribution in [3.05, 3.63) is 23.9 Å². The van der Waals surface area contributed by atoms with Gasteiger partial charge in [-0.15, -0.1) is 0 Å². The second-order valence-electron chi connectivity index (χ2n) is 3.70. The van der Waals surface area contributed by atoms with Crippen molar-refractivity contribution < 1.29 is 9.90 Å². The number of aliphatic carboxylic acids is 1. The predicted molar refractivity (Wildman–Crippen MR) is 57.0 cm³/mol. The Bertz CT molecular complexity index is 453. The number of nitriles is 1. The van der Waals surface area contributed by atoms with Crippen molar-refractivity contribution >= 4 is 11.8 Å². The number of hydrogen-bond acceptors (Lipinski definition) is 4. The van der Waals surface area contributed by atoms with Crippen molar-refractivity contribution in [3.8, 4) is 6.07 Å². The summed E-state index contributed by atoms with van der Waals surface area (Å²) >= 11 is 0. The topological polar surface area (TPSA) is 77.2 Å². The zero-order chi connectivity index (χ0) is 11.5. The van der Waals surface area contributed by atoms with E-state index in [4.69, 9.17) is 10.4 Å². The zero-order valence-corrected chi connectivity index (χ0v) is 8.63. The average molecular weight is 217 g/mol. The van der Waals surface area contributed by atoms with E-state index in [1.165, 1.54) is 6.20 Å². The molecule has 0 amide bonds. The van der Waals surface area contributed by atoms with Gasteiger partial charge in [-0.2, -0.15) is 5.26 Å². The Labute approximate surface area is 92.9 Å². The van der Waals surface area contributed by atoms with Crippen LogP contribution in [-0.2, 0) is 4.79 Å². The Kier molecular flexibility index (Phi) is 2.73. The van der Waals surface area contributed by atoms with E-state index < -0.39 is 12.0 Å². The number of pyridine rings is 1. The molecule has 1 aliphatic heterocycles. The monoisotopic (exact) mass is 217 g/mol. The van der Waals surface area contributed by atoms with Crippen molar-refractivity contribution in [3.63, 3.8) is 0 Å². The Morgan fingerprint density at radius 3 is 3.19 bits per heavy atom. The van der Waals surface area contributed by atoms with Gasteiger partial charge in [-0.25, -0.2) is 9.78 Å². The molecule has 0 aliphatic carbocycles. The number of aromatic nitrogens is 1. The Hall–Kier alpha value is -2.09. The normalized spacial score (nSPS) is 19.4. The summed E-state index contributed by atoms with van der Waals surface area (Å²) in [5, 5.41) is 17.8. The van der Waals surface area contributed by atoms with Crippen molar-refractivity contribution in [1.29, 1.82) is 5.26 Å². The quantitative estimate of drug-likeness (QED) is 0.799. The number of carbonyl (C=O) groups is 1. The fourth-order valence-electron chi connectivity index (χ4n) is 1.94. The summed E-state index contributed by atoms with van der Waals surface area (Å²) in [6.45, 7) is 0.679. The molecule has 1 unspecified atom stereocenters. The molecule has 0 bridgehead atoms. The van der Waals surface area contributed by atoms with Crippen LogP contribution in [0.25, 0.3) is 0 Å². The highest BCUT2D eigenvalue weighted by atomic mass is 16.4. The van der Waals surface area contributed by atoms with Gasteiger partial charge in [-0.05, 0) is 25.0 Å². The van der Waals surface area contributed by atoms with E-state index in [1.54, 1.807) is 17.0 Å². The largest absolute Gasteiger partial charge is 0.480 e. The molecule has 16 heavy (non-hydrogen) atoms. The molecule has 0 spiro atoms. The van der Waals surface area contributed by atoms with Gasteiger partial charge in [0.05, 0.1) is 11.6 Å². The van der Waals surface area contributed by atoms with E-state index in [0.717, 1.165) is 6.42 Å². The van der Waals surface area contributed by atoms with Crippen LogP contribution < -0.4 is 4.90 Å². The van der Waals surface area contributed by atoms with Gasteiger partial charge in [-0.3, -0.25) is 0 Å². The summed E-state index contributed by atoms with van der Waals surface area (Å²) in [5.41, 5.74) is 0.501. The van der Waals surface area contributed by atoms with E-state index >= 15 is 0 Å². The van der Waals surface area contributed by atoms with E-state index in [2.05, 4.69) is 4.98 Å². The summed E-state index contributed by atoms with van der Waals surface area (Å²) in [6.07, 6.45) is 3.01. The van der Waals surface area contributed by atoms with Gasteiger partial charge in [0.25, 0.3) is 0 Å². The van der Waals surface area contributed by atoms with Gasteiger partial charge in [0.15, 0.2) is 0 Å². The third-order valence-corrected chi connectivity index (χ3v) is 2.71. The molecule has 5 nitrogen and oxygen atoms in total. The molecule has 1 atom stereocenters. The molecule has 5 heteroatoms. The first-order chi connectivity index (χ1) is 7.72. The van der Waals surface area contributed by atoms with Crippen molar-refractivity contribution in [2.45, 2.75) is 18.9 Å². The summed E-state index contributed by atoms with van der Waals surface area (Å²) in [6, 6.07) is 4.74. The minimum Gasteiger partial charge on any atom is -0.480 e. The molecule has 2 heterocycles. The molecule has 0 aromatic carbocycles. The molecule has 1 saturated heterocycles. The molecule has 1 aromatic rings. The SMILES string of the molecule is N#Cc1ccnc(N2CCCC2C(=O)O)c1. The first-order valence-corrected chi connectivity index (χ1v) is 5.08. The van der Waals surface area contributed by atoms with Crippen LogP contribution in [0.4, 0.5) is 5.82 Å². The Morgan fingerprint density at radius 1 is 1.69 bits per heavy atom. The highest BCUT2D eigenvalue weighted by Gasteiger charge is 2.31. The summed E-state index contributed by atoms with van der Waals surface area (Å²) in [4.78, 5) is 16.9. The number of carboxylic acid groups (broad SMARTS) is 1. The molecule has 82 valence electrons. The first kappa shape index (κ1) is 10.4. The minimum atomic E-state index is -0.832. The molecular weight excluding hydrogens is 206 g/mol. The van der Waals surface area contributed by atoms with E-state index in [1.807, 2.05) is 6.07 Å². The molecule has 1 N–H and O–H groups in total. The summed E-state index contributed by atoms with van der Waals surface area (Å²) < 4.78 is 0. The van der Waals surface area contributed by atoms with Crippen LogP contribution in [0, 0.1) is 11.3 Å². The maximum atomic E-state index is 11.0. The maximum absolute atomic E-state index is 11.0. The second kappa shape index (κ2) is 4.19. The summed E-state index contributed by atoms with van der Waals surface area (Å²) in [7, 11) is 0. The molecule has 0 saturated carbocycles. The van der Waals surface area contributed by atoms with E-state index in [0.29, 0.717) is 24.3 Å². The standard InChI is InChI=1S/C11H11N3O2/c12-7-8-3-4-13-10(6-8)14-5-1-2-9(14)11(15)16/h3-4,6,9H,1-2,5H2,(H,15,16). The van der Waals surface area contributed by atoms with Crippen molar-refractivity contribution in [1.82, 2.24) is 4.98 Å². The van der Waals surface area contributed by atoms with Crippen LogP contribution in [0.15, 0.2) is 18.3 Å². The van der Waals surface area contributed by atoms with Gasteiger partial charge < -0.3 is 10.0 Å². The van der Waals surface area contributed by atoms with Crippen LogP contribution >= 0.6 is 0 Å². The van der Waals surface area contributed by atoms with Crippen molar-refractivity contribution in [2.75, 3.05) is 11.4 Å².